The van der Waals surface area contributed by atoms with E-state index in [1.54, 1.807) is 0 Å². The van der Waals surface area contributed by atoms with Crippen molar-refractivity contribution in [3.8, 4) is 0 Å². The van der Waals surface area contributed by atoms with Crippen molar-refractivity contribution >= 4 is 5.91 Å². The van der Waals surface area contributed by atoms with E-state index in [9.17, 15) is 4.79 Å². The van der Waals surface area contributed by atoms with Crippen LogP contribution in [0.1, 0.15) is 58.3 Å². The monoisotopic (exact) mass is 197 g/mol. The van der Waals surface area contributed by atoms with Gasteiger partial charge in [-0.05, 0) is 6.42 Å². The summed E-state index contributed by atoms with van der Waals surface area (Å²) >= 11 is 0. The minimum Gasteiger partial charge on any atom is -0.342 e. The SMILES string of the molecule is CCCCCCCCCN1CCC1=O. The molecule has 1 amide bonds. The number of carbonyl (C=O) groups is 1. The molecule has 0 aromatic heterocycles. The molecule has 1 fully saturated rings. The average Bonchev–Trinajstić information content (AvgIpc) is 2.20. The standard InChI is InChI=1S/C12H23NO/c1-2-3-4-5-6-7-8-10-13-11-9-12(13)14/h2-11H2,1H3. The van der Waals surface area contributed by atoms with Crippen LogP contribution in [-0.2, 0) is 4.79 Å². The summed E-state index contributed by atoms with van der Waals surface area (Å²) in [6.07, 6.45) is 10.1. The zero-order chi connectivity index (χ0) is 10.2. The van der Waals surface area contributed by atoms with Gasteiger partial charge in [0, 0.05) is 19.5 Å². The van der Waals surface area contributed by atoms with E-state index in [0.717, 1.165) is 19.5 Å². The molecule has 82 valence electrons. The summed E-state index contributed by atoms with van der Waals surface area (Å²) in [5, 5.41) is 0. The van der Waals surface area contributed by atoms with Gasteiger partial charge in [-0.2, -0.15) is 0 Å². The van der Waals surface area contributed by atoms with Crippen LogP contribution in [0.3, 0.4) is 0 Å². The van der Waals surface area contributed by atoms with Gasteiger partial charge in [-0.1, -0.05) is 45.4 Å². The fourth-order valence-electron chi connectivity index (χ4n) is 1.86. The van der Waals surface area contributed by atoms with Crippen LogP contribution in [0.25, 0.3) is 0 Å². The number of carbonyl (C=O) groups excluding carboxylic acids is 1. The zero-order valence-electron chi connectivity index (χ0n) is 9.43. The Morgan fingerprint density at radius 3 is 2.21 bits per heavy atom. The van der Waals surface area contributed by atoms with E-state index in [1.165, 1.54) is 44.9 Å². The molecular formula is C12H23NO. The van der Waals surface area contributed by atoms with Crippen LogP contribution in [0.4, 0.5) is 0 Å². The molecule has 0 radical (unpaired) electrons. The van der Waals surface area contributed by atoms with Gasteiger partial charge in [-0.3, -0.25) is 4.79 Å². The fourth-order valence-corrected chi connectivity index (χ4v) is 1.86. The molecule has 0 unspecified atom stereocenters. The summed E-state index contributed by atoms with van der Waals surface area (Å²) in [6, 6.07) is 0. The van der Waals surface area contributed by atoms with Crippen LogP contribution >= 0.6 is 0 Å². The third-order valence-corrected chi connectivity index (χ3v) is 2.98. The van der Waals surface area contributed by atoms with Crippen molar-refractivity contribution in [3.63, 3.8) is 0 Å². The average molecular weight is 197 g/mol. The lowest BCUT2D eigenvalue weighted by Gasteiger charge is -2.30. The highest BCUT2D eigenvalue weighted by molar-refractivity contribution is 5.81. The number of amides is 1. The molecule has 1 aliphatic heterocycles. The van der Waals surface area contributed by atoms with E-state index in [-0.39, 0.29) is 0 Å². The highest BCUT2D eigenvalue weighted by atomic mass is 16.2. The molecule has 1 heterocycles. The molecule has 0 spiro atoms. The first-order chi connectivity index (χ1) is 6.84. The van der Waals surface area contributed by atoms with E-state index in [0.29, 0.717) is 5.91 Å². The summed E-state index contributed by atoms with van der Waals surface area (Å²) in [6.45, 7) is 4.26. The summed E-state index contributed by atoms with van der Waals surface area (Å²) < 4.78 is 0. The van der Waals surface area contributed by atoms with Gasteiger partial charge >= 0.3 is 0 Å². The molecule has 0 N–H and O–H groups in total. The maximum Gasteiger partial charge on any atom is 0.224 e. The van der Waals surface area contributed by atoms with Crippen molar-refractivity contribution in [2.24, 2.45) is 0 Å². The smallest absolute Gasteiger partial charge is 0.224 e. The van der Waals surface area contributed by atoms with Crippen LogP contribution in [0.15, 0.2) is 0 Å². The predicted octanol–water partition coefficient (Wildman–Crippen LogP) is 2.97. The molecular weight excluding hydrogens is 174 g/mol. The number of likely N-dealkylation sites (tertiary alicyclic amines) is 1. The van der Waals surface area contributed by atoms with Crippen molar-refractivity contribution in [1.82, 2.24) is 4.90 Å². The summed E-state index contributed by atoms with van der Waals surface area (Å²) in [4.78, 5) is 12.9. The number of hydrogen-bond donors (Lipinski definition) is 0. The second kappa shape index (κ2) is 6.86. The van der Waals surface area contributed by atoms with Gasteiger partial charge in [-0.25, -0.2) is 0 Å². The van der Waals surface area contributed by atoms with Crippen LogP contribution in [0.2, 0.25) is 0 Å². The molecule has 0 atom stereocenters. The fraction of sp³-hybridized carbons (Fsp3) is 0.917. The number of unbranched alkanes of at least 4 members (excludes halogenated alkanes) is 6. The molecule has 2 nitrogen and oxygen atoms in total. The summed E-state index contributed by atoms with van der Waals surface area (Å²) in [5.74, 6) is 0.357. The molecule has 1 aliphatic rings. The molecule has 0 aromatic rings. The Morgan fingerprint density at radius 2 is 1.71 bits per heavy atom. The Hall–Kier alpha value is -0.530. The molecule has 1 saturated heterocycles. The van der Waals surface area contributed by atoms with Gasteiger partial charge in [0.15, 0.2) is 0 Å². The lowest BCUT2D eigenvalue weighted by molar-refractivity contribution is -0.139. The van der Waals surface area contributed by atoms with Crippen LogP contribution in [0.5, 0.6) is 0 Å². The Balaban J connectivity index is 1.78. The third-order valence-electron chi connectivity index (χ3n) is 2.98. The van der Waals surface area contributed by atoms with Crippen molar-refractivity contribution < 1.29 is 4.79 Å². The Bertz CT molecular complexity index is 168. The minimum absolute atomic E-state index is 0.357. The first kappa shape index (κ1) is 11.5. The van der Waals surface area contributed by atoms with Gasteiger partial charge in [-0.15, -0.1) is 0 Å². The number of rotatable bonds is 8. The number of β-lactam (4-membered cyclic amide) rings is 1. The van der Waals surface area contributed by atoms with Gasteiger partial charge in [0.2, 0.25) is 5.91 Å². The Labute approximate surface area is 87.7 Å². The molecule has 0 aromatic carbocycles. The zero-order valence-corrected chi connectivity index (χ0v) is 9.43. The second-order valence-corrected chi connectivity index (χ2v) is 4.25. The van der Waals surface area contributed by atoms with Crippen LogP contribution in [-0.4, -0.2) is 23.9 Å². The lowest BCUT2D eigenvalue weighted by Crippen LogP contribution is -2.43. The van der Waals surface area contributed by atoms with Gasteiger partial charge in [0.25, 0.3) is 0 Å². The van der Waals surface area contributed by atoms with Crippen molar-refractivity contribution in [2.75, 3.05) is 13.1 Å². The summed E-state index contributed by atoms with van der Waals surface area (Å²) in [7, 11) is 0. The van der Waals surface area contributed by atoms with Crippen LogP contribution in [0, 0.1) is 0 Å². The van der Waals surface area contributed by atoms with Gasteiger partial charge in [0.05, 0.1) is 0 Å². The second-order valence-electron chi connectivity index (χ2n) is 4.25. The topological polar surface area (TPSA) is 20.3 Å². The molecule has 1 rings (SSSR count). The lowest BCUT2D eigenvalue weighted by atomic mass is 10.1. The van der Waals surface area contributed by atoms with Crippen LogP contribution < -0.4 is 0 Å². The first-order valence-electron chi connectivity index (χ1n) is 6.12. The van der Waals surface area contributed by atoms with E-state index < -0.39 is 0 Å². The predicted molar refractivity (Wildman–Crippen MR) is 59.2 cm³/mol. The maximum atomic E-state index is 11.0. The van der Waals surface area contributed by atoms with Crippen molar-refractivity contribution in [1.29, 1.82) is 0 Å². The Morgan fingerprint density at radius 1 is 1.07 bits per heavy atom. The van der Waals surface area contributed by atoms with E-state index in [2.05, 4.69) is 6.92 Å². The largest absolute Gasteiger partial charge is 0.342 e. The first-order valence-corrected chi connectivity index (χ1v) is 6.12. The maximum absolute atomic E-state index is 11.0. The quantitative estimate of drug-likeness (QED) is 0.433. The molecule has 0 aliphatic carbocycles. The number of nitrogens with zero attached hydrogens (tertiary/aromatic N) is 1. The molecule has 14 heavy (non-hydrogen) atoms. The van der Waals surface area contributed by atoms with E-state index in [1.807, 2.05) is 4.90 Å². The van der Waals surface area contributed by atoms with Gasteiger partial charge < -0.3 is 4.90 Å². The van der Waals surface area contributed by atoms with E-state index >= 15 is 0 Å². The van der Waals surface area contributed by atoms with Crippen molar-refractivity contribution in [3.05, 3.63) is 0 Å². The third kappa shape index (κ3) is 4.12. The van der Waals surface area contributed by atoms with Gasteiger partial charge in [0.1, 0.15) is 0 Å². The molecule has 0 bridgehead atoms. The highest BCUT2D eigenvalue weighted by Gasteiger charge is 2.22. The normalized spacial score (nSPS) is 15.8. The minimum atomic E-state index is 0.357. The van der Waals surface area contributed by atoms with Crippen molar-refractivity contribution in [2.45, 2.75) is 58.3 Å². The number of hydrogen-bond acceptors (Lipinski definition) is 1. The molecule has 0 saturated carbocycles. The molecule has 2 heteroatoms. The summed E-state index contributed by atoms with van der Waals surface area (Å²) in [5.41, 5.74) is 0. The Kier molecular flexibility index (Phi) is 5.65. The highest BCUT2D eigenvalue weighted by Crippen LogP contribution is 2.11. The van der Waals surface area contributed by atoms with E-state index in [4.69, 9.17) is 0 Å².